The molecule has 2 rings (SSSR count). The van der Waals surface area contributed by atoms with E-state index in [9.17, 15) is 4.79 Å². The molecule has 0 saturated carbocycles. The molecule has 0 aliphatic carbocycles. The summed E-state index contributed by atoms with van der Waals surface area (Å²) < 4.78 is 5.22. The van der Waals surface area contributed by atoms with Crippen LogP contribution in [0.2, 0.25) is 0 Å². The third-order valence-corrected chi connectivity index (χ3v) is 3.52. The molecule has 14 heavy (non-hydrogen) atoms. The normalized spacial score (nSPS) is 30.5. The fraction of sp³-hybridized carbons (Fsp3) is 0.900. The molecule has 0 amide bonds. The molecule has 0 bridgehead atoms. The van der Waals surface area contributed by atoms with Gasteiger partial charge in [-0.1, -0.05) is 6.92 Å². The monoisotopic (exact) mass is 199 g/mol. The molecule has 2 aliphatic rings. The van der Waals surface area contributed by atoms with Crippen molar-refractivity contribution in [3.63, 3.8) is 0 Å². The number of carbonyl (C=O) groups is 1. The van der Waals surface area contributed by atoms with Crippen LogP contribution in [0.1, 0.15) is 19.8 Å². The van der Waals surface area contributed by atoms with E-state index < -0.39 is 5.97 Å². The maximum Gasteiger partial charge on any atom is 0.320 e. The first-order chi connectivity index (χ1) is 6.67. The van der Waals surface area contributed by atoms with Crippen molar-refractivity contribution in [2.75, 3.05) is 26.3 Å². The zero-order chi connectivity index (χ0) is 10.2. The van der Waals surface area contributed by atoms with E-state index in [-0.39, 0.29) is 11.5 Å². The lowest BCUT2D eigenvalue weighted by molar-refractivity contribution is -0.161. The molecule has 0 aromatic carbocycles. The van der Waals surface area contributed by atoms with E-state index in [0.717, 1.165) is 39.1 Å². The Morgan fingerprint density at radius 2 is 2.36 bits per heavy atom. The molecule has 4 heteroatoms. The smallest absolute Gasteiger partial charge is 0.320 e. The third-order valence-electron chi connectivity index (χ3n) is 3.52. The van der Waals surface area contributed by atoms with Gasteiger partial charge in [-0.3, -0.25) is 9.69 Å². The summed E-state index contributed by atoms with van der Waals surface area (Å²) in [5.41, 5.74) is 0.244. The third kappa shape index (κ3) is 1.53. The predicted octanol–water partition coefficient (Wildman–Crippen LogP) is 0.572. The van der Waals surface area contributed by atoms with Crippen LogP contribution in [0.25, 0.3) is 0 Å². The van der Waals surface area contributed by atoms with E-state index in [1.54, 1.807) is 0 Å². The molecule has 1 N–H and O–H groups in total. The standard InChI is InChI=1S/C10H17NO3/c1-2-10(6-14-7-10)5-11-4-3-8(11)9(12)13/h8H,2-7H2,1H3,(H,12,13). The molecule has 4 nitrogen and oxygen atoms in total. The summed E-state index contributed by atoms with van der Waals surface area (Å²) in [5, 5.41) is 8.89. The number of nitrogens with zero attached hydrogens (tertiary/aromatic N) is 1. The second kappa shape index (κ2) is 3.51. The quantitative estimate of drug-likeness (QED) is 0.719. The van der Waals surface area contributed by atoms with Gasteiger partial charge >= 0.3 is 5.97 Å². The van der Waals surface area contributed by atoms with Gasteiger partial charge in [0.1, 0.15) is 6.04 Å². The molecule has 0 aromatic rings. The Morgan fingerprint density at radius 3 is 2.64 bits per heavy atom. The van der Waals surface area contributed by atoms with E-state index >= 15 is 0 Å². The Labute approximate surface area is 83.8 Å². The Kier molecular flexibility index (Phi) is 2.49. The topological polar surface area (TPSA) is 49.8 Å². The maximum absolute atomic E-state index is 10.8. The van der Waals surface area contributed by atoms with Crippen LogP contribution in [0.4, 0.5) is 0 Å². The zero-order valence-electron chi connectivity index (χ0n) is 8.53. The number of rotatable bonds is 4. The lowest BCUT2D eigenvalue weighted by Gasteiger charge is -2.48. The molecule has 1 unspecified atom stereocenters. The SMILES string of the molecule is CCC1(CN2CCC2C(=O)O)COC1. The number of ether oxygens (including phenoxy) is 1. The fourth-order valence-corrected chi connectivity index (χ4v) is 2.14. The Balaban J connectivity index is 1.88. The van der Waals surface area contributed by atoms with Crippen LogP contribution >= 0.6 is 0 Å². The molecule has 80 valence electrons. The van der Waals surface area contributed by atoms with Gasteiger partial charge in [0.25, 0.3) is 0 Å². The minimum Gasteiger partial charge on any atom is -0.480 e. The summed E-state index contributed by atoms with van der Waals surface area (Å²) >= 11 is 0. The number of aliphatic carboxylic acids is 1. The average molecular weight is 199 g/mol. The van der Waals surface area contributed by atoms with Crippen molar-refractivity contribution < 1.29 is 14.6 Å². The first kappa shape index (κ1) is 9.93. The van der Waals surface area contributed by atoms with Crippen molar-refractivity contribution >= 4 is 5.97 Å². The number of likely N-dealkylation sites (tertiary alicyclic amines) is 1. The molecular formula is C10H17NO3. The molecule has 0 radical (unpaired) electrons. The van der Waals surface area contributed by atoms with Crippen LogP contribution in [0.15, 0.2) is 0 Å². The van der Waals surface area contributed by atoms with Crippen molar-refractivity contribution in [1.29, 1.82) is 0 Å². The van der Waals surface area contributed by atoms with E-state index in [1.807, 2.05) is 0 Å². The van der Waals surface area contributed by atoms with Gasteiger partial charge in [0.15, 0.2) is 0 Å². The molecule has 0 spiro atoms. The summed E-state index contributed by atoms with van der Waals surface area (Å²) in [5.74, 6) is -0.678. The minimum absolute atomic E-state index is 0.237. The van der Waals surface area contributed by atoms with E-state index in [0.29, 0.717) is 0 Å². The van der Waals surface area contributed by atoms with E-state index in [4.69, 9.17) is 9.84 Å². The summed E-state index contributed by atoms with van der Waals surface area (Å²) in [6, 6.07) is -0.237. The highest BCUT2D eigenvalue weighted by Gasteiger charge is 2.43. The van der Waals surface area contributed by atoms with Crippen LogP contribution in [-0.4, -0.2) is 48.3 Å². The van der Waals surface area contributed by atoms with Crippen LogP contribution in [0, 0.1) is 5.41 Å². The van der Waals surface area contributed by atoms with Gasteiger partial charge in [-0.15, -0.1) is 0 Å². The molecule has 2 saturated heterocycles. The Morgan fingerprint density at radius 1 is 1.64 bits per heavy atom. The summed E-state index contributed by atoms with van der Waals surface area (Å²) in [6.45, 7) is 5.57. The van der Waals surface area contributed by atoms with Gasteiger partial charge in [0, 0.05) is 18.5 Å². The summed E-state index contributed by atoms with van der Waals surface area (Å²) in [4.78, 5) is 12.9. The van der Waals surface area contributed by atoms with Crippen molar-refractivity contribution in [2.24, 2.45) is 5.41 Å². The number of hydrogen-bond acceptors (Lipinski definition) is 3. The number of carboxylic acid groups (broad SMARTS) is 1. The van der Waals surface area contributed by atoms with E-state index in [2.05, 4.69) is 11.8 Å². The second-order valence-electron chi connectivity index (χ2n) is 4.46. The van der Waals surface area contributed by atoms with Gasteiger partial charge in [0.05, 0.1) is 13.2 Å². The van der Waals surface area contributed by atoms with Crippen molar-refractivity contribution in [2.45, 2.75) is 25.8 Å². The molecule has 2 aliphatic heterocycles. The minimum atomic E-state index is -0.678. The average Bonchev–Trinajstić information content (AvgIpc) is 2.00. The predicted molar refractivity (Wildman–Crippen MR) is 51.2 cm³/mol. The van der Waals surface area contributed by atoms with Crippen molar-refractivity contribution in [3.05, 3.63) is 0 Å². The zero-order valence-corrected chi connectivity index (χ0v) is 8.53. The largest absolute Gasteiger partial charge is 0.480 e. The van der Waals surface area contributed by atoms with Crippen molar-refractivity contribution in [3.8, 4) is 0 Å². The summed E-state index contributed by atoms with van der Waals surface area (Å²) in [6.07, 6.45) is 1.88. The lowest BCUT2D eigenvalue weighted by Crippen LogP contribution is -2.59. The lowest BCUT2D eigenvalue weighted by atomic mass is 9.81. The number of carboxylic acids is 1. The highest BCUT2D eigenvalue weighted by Crippen LogP contribution is 2.34. The highest BCUT2D eigenvalue weighted by atomic mass is 16.5. The first-order valence-electron chi connectivity index (χ1n) is 5.21. The van der Waals surface area contributed by atoms with Crippen LogP contribution in [0.5, 0.6) is 0 Å². The fourth-order valence-electron chi connectivity index (χ4n) is 2.14. The molecule has 2 fully saturated rings. The molecule has 1 atom stereocenters. The molecule has 2 heterocycles. The summed E-state index contributed by atoms with van der Waals surface area (Å²) in [7, 11) is 0. The van der Waals surface area contributed by atoms with Gasteiger partial charge in [-0.25, -0.2) is 0 Å². The Bertz CT molecular complexity index is 232. The molecular weight excluding hydrogens is 182 g/mol. The Hall–Kier alpha value is -0.610. The van der Waals surface area contributed by atoms with Gasteiger partial charge in [-0.2, -0.15) is 0 Å². The van der Waals surface area contributed by atoms with E-state index in [1.165, 1.54) is 0 Å². The van der Waals surface area contributed by atoms with Gasteiger partial charge < -0.3 is 9.84 Å². The van der Waals surface area contributed by atoms with Crippen LogP contribution in [-0.2, 0) is 9.53 Å². The molecule has 0 aromatic heterocycles. The highest BCUT2D eigenvalue weighted by molar-refractivity contribution is 5.74. The van der Waals surface area contributed by atoms with Crippen LogP contribution < -0.4 is 0 Å². The first-order valence-corrected chi connectivity index (χ1v) is 5.21. The number of hydrogen-bond donors (Lipinski definition) is 1. The van der Waals surface area contributed by atoms with Gasteiger partial charge in [-0.05, 0) is 12.8 Å². The van der Waals surface area contributed by atoms with Crippen molar-refractivity contribution in [1.82, 2.24) is 4.90 Å². The van der Waals surface area contributed by atoms with Crippen LogP contribution in [0.3, 0.4) is 0 Å². The van der Waals surface area contributed by atoms with Gasteiger partial charge in [0.2, 0.25) is 0 Å². The second-order valence-corrected chi connectivity index (χ2v) is 4.46. The maximum atomic E-state index is 10.8.